The minimum Gasteiger partial charge on any atom is -0.459 e. The lowest BCUT2D eigenvalue weighted by molar-refractivity contribution is -0.142. The molecule has 0 saturated heterocycles. The number of ether oxygens (including phenoxy) is 1. The summed E-state index contributed by atoms with van der Waals surface area (Å²) in [5, 5.41) is 0. The van der Waals surface area contributed by atoms with Gasteiger partial charge in [-0.1, -0.05) is 30.9 Å². The summed E-state index contributed by atoms with van der Waals surface area (Å²) in [7, 11) is 0. The molecule has 0 N–H and O–H groups in total. The van der Waals surface area contributed by atoms with E-state index in [1.165, 1.54) is 0 Å². The first-order chi connectivity index (χ1) is 7.56. The van der Waals surface area contributed by atoms with Crippen LogP contribution in [-0.4, -0.2) is 12.1 Å². The Labute approximate surface area is 98.0 Å². The van der Waals surface area contributed by atoms with Gasteiger partial charge in [0.1, 0.15) is 0 Å². The topological polar surface area (TPSA) is 26.3 Å². The monoisotopic (exact) mass is 220 g/mol. The van der Waals surface area contributed by atoms with Gasteiger partial charge >= 0.3 is 5.97 Å². The van der Waals surface area contributed by atoms with Crippen LogP contribution < -0.4 is 0 Å². The summed E-state index contributed by atoms with van der Waals surface area (Å²) >= 11 is 0. The van der Waals surface area contributed by atoms with Crippen LogP contribution in [0.4, 0.5) is 0 Å². The number of hydrogen-bond donors (Lipinski definition) is 0. The van der Waals surface area contributed by atoms with E-state index < -0.39 is 0 Å². The fourth-order valence-corrected chi connectivity index (χ4v) is 1.19. The number of esters is 1. The highest BCUT2D eigenvalue weighted by Crippen LogP contribution is 2.15. The van der Waals surface area contributed by atoms with E-state index in [4.69, 9.17) is 4.74 Å². The molecule has 16 heavy (non-hydrogen) atoms. The molecule has 0 rings (SSSR count). The summed E-state index contributed by atoms with van der Waals surface area (Å²) < 4.78 is 5.14. The minimum absolute atomic E-state index is 0.118. The second kappa shape index (κ2) is 7.69. The fourth-order valence-electron chi connectivity index (χ4n) is 1.19. The fraction of sp³-hybridized carbons (Fsp3) is 0.357. The molecule has 0 unspecified atom stereocenters. The van der Waals surface area contributed by atoms with Gasteiger partial charge in [0.2, 0.25) is 0 Å². The number of carbonyl (C=O) groups is 1. The van der Waals surface area contributed by atoms with Gasteiger partial charge in [0, 0.05) is 0 Å². The Morgan fingerprint density at radius 2 is 2.00 bits per heavy atom. The summed E-state index contributed by atoms with van der Waals surface area (Å²) in [4.78, 5) is 11.7. The van der Waals surface area contributed by atoms with Gasteiger partial charge in [0.25, 0.3) is 0 Å². The molecule has 0 bridgehead atoms. The smallest absolute Gasteiger partial charge is 0.338 e. The number of carbonyl (C=O) groups excluding carboxylic acids is 1. The highest BCUT2D eigenvalue weighted by molar-refractivity contribution is 5.94. The molecule has 0 spiro atoms. The van der Waals surface area contributed by atoms with Crippen LogP contribution in [-0.2, 0) is 9.53 Å². The van der Waals surface area contributed by atoms with Crippen molar-refractivity contribution in [1.82, 2.24) is 0 Å². The van der Waals surface area contributed by atoms with Crippen molar-refractivity contribution in [2.75, 3.05) is 0 Å². The van der Waals surface area contributed by atoms with Crippen molar-refractivity contribution in [3.05, 3.63) is 48.6 Å². The van der Waals surface area contributed by atoms with Crippen LogP contribution in [0.25, 0.3) is 0 Å². The normalized spacial score (nSPS) is 12.5. The molecule has 0 heterocycles. The van der Waals surface area contributed by atoms with Crippen LogP contribution in [0, 0.1) is 0 Å². The average molecular weight is 220 g/mol. The lowest BCUT2D eigenvalue weighted by Gasteiger charge is -2.11. The molecule has 2 heteroatoms. The van der Waals surface area contributed by atoms with E-state index in [2.05, 4.69) is 13.2 Å². The third kappa shape index (κ3) is 4.78. The van der Waals surface area contributed by atoms with Gasteiger partial charge < -0.3 is 4.74 Å². The van der Waals surface area contributed by atoms with E-state index in [0.717, 1.165) is 5.57 Å². The SMILES string of the molecule is C=CCC=C(C=C)C(=CC)C(=O)OC(C)C. The first-order valence-electron chi connectivity index (χ1n) is 5.38. The summed E-state index contributed by atoms with van der Waals surface area (Å²) in [6, 6.07) is 0. The molecular weight excluding hydrogens is 200 g/mol. The van der Waals surface area contributed by atoms with Crippen molar-refractivity contribution in [1.29, 1.82) is 0 Å². The van der Waals surface area contributed by atoms with E-state index in [-0.39, 0.29) is 12.1 Å². The number of allylic oxidation sites excluding steroid dienone is 4. The molecule has 0 aliphatic carbocycles. The van der Waals surface area contributed by atoms with E-state index in [1.54, 1.807) is 18.2 Å². The molecule has 0 aliphatic heterocycles. The standard InChI is InChI=1S/C14H20O2/c1-6-9-10-12(7-2)13(8-3)14(15)16-11(4)5/h6-8,10-11H,1-2,9H2,3-5H3. The van der Waals surface area contributed by atoms with E-state index in [1.807, 2.05) is 26.8 Å². The molecule has 0 aromatic carbocycles. The Morgan fingerprint density at radius 1 is 1.38 bits per heavy atom. The van der Waals surface area contributed by atoms with Gasteiger partial charge in [0.05, 0.1) is 11.7 Å². The molecule has 88 valence electrons. The van der Waals surface area contributed by atoms with Crippen molar-refractivity contribution in [3.63, 3.8) is 0 Å². The molecule has 0 fully saturated rings. The Morgan fingerprint density at radius 3 is 2.38 bits per heavy atom. The Kier molecular flexibility index (Phi) is 6.93. The lowest BCUT2D eigenvalue weighted by atomic mass is 10.0. The highest BCUT2D eigenvalue weighted by atomic mass is 16.5. The van der Waals surface area contributed by atoms with Crippen molar-refractivity contribution in [3.8, 4) is 0 Å². The Balaban J connectivity index is 4.90. The molecule has 2 nitrogen and oxygen atoms in total. The zero-order valence-electron chi connectivity index (χ0n) is 10.3. The van der Waals surface area contributed by atoms with Crippen LogP contribution in [0.3, 0.4) is 0 Å². The predicted octanol–water partition coefficient (Wildman–Crippen LogP) is 3.57. The number of hydrogen-bond acceptors (Lipinski definition) is 2. The van der Waals surface area contributed by atoms with Crippen LogP contribution in [0.1, 0.15) is 27.2 Å². The van der Waals surface area contributed by atoms with Crippen LogP contribution in [0.5, 0.6) is 0 Å². The zero-order chi connectivity index (χ0) is 12.6. The predicted molar refractivity (Wildman–Crippen MR) is 68.1 cm³/mol. The summed E-state index contributed by atoms with van der Waals surface area (Å²) in [6.45, 7) is 12.8. The van der Waals surface area contributed by atoms with E-state index in [9.17, 15) is 4.79 Å². The van der Waals surface area contributed by atoms with Crippen molar-refractivity contribution >= 4 is 5.97 Å². The highest BCUT2D eigenvalue weighted by Gasteiger charge is 2.13. The summed E-state index contributed by atoms with van der Waals surface area (Å²) in [5.74, 6) is -0.312. The molecule has 0 saturated carbocycles. The third-order valence-electron chi connectivity index (χ3n) is 1.89. The summed E-state index contributed by atoms with van der Waals surface area (Å²) in [5.41, 5.74) is 1.33. The number of rotatable bonds is 6. The van der Waals surface area contributed by atoms with Gasteiger partial charge in [-0.25, -0.2) is 4.79 Å². The maximum Gasteiger partial charge on any atom is 0.338 e. The largest absolute Gasteiger partial charge is 0.459 e. The molecule has 0 radical (unpaired) electrons. The zero-order valence-corrected chi connectivity index (χ0v) is 10.3. The lowest BCUT2D eigenvalue weighted by Crippen LogP contribution is -2.14. The van der Waals surface area contributed by atoms with Crippen LogP contribution in [0.2, 0.25) is 0 Å². The van der Waals surface area contributed by atoms with Crippen molar-refractivity contribution < 1.29 is 9.53 Å². The van der Waals surface area contributed by atoms with Gasteiger partial charge in [-0.05, 0) is 32.8 Å². The van der Waals surface area contributed by atoms with Crippen LogP contribution >= 0.6 is 0 Å². The van der Waals surface area contributed by atoms with Crippen LogP contribution in [0.15, 0.2) is 48.6 Å². The summed E-state index contributed by atoms with van der Waals surface area (Å²) in [6.07, 6.45) is 7.64. The molecule has 0 aliphatic rings. The minimum atomic E-state index is -0.312. The van der Waals surface area contributed by atoms with Gasteiger partial charge in [-0.15, -0.1) is 6.58 Å². The maximum atomic E-state index is 11.7. The first-order valence-corrected chi connectivity index (χ1v) is 5.38. The molecular formula is C14H20O2. The van der Waals surface area contributed by atoms with Gasteiger partial charge in [-0.3, -0.25) is 0 Å². The first kappa shape index (κ1) is 14.4. The Hall–Kier alpha value is -1.57. The molecule has 0 aromatic heterocycles. The van der Waals surface area contributed by atoms with E-state index in [0.29, 0.717) is 12.0 Å². The molecule has 0 amide bonds. The molecule has 0 aromatic rings. The average Bonchev–Trinajstić information content (AvgIpc) is 2.22. The Bertz CT molecular complexity index is 320. The van der Waals surface area contributed by atoms with E-state index >= 15 is 0 Å². The van der Waals surface area contributed by atoms with Crippen molar-refractivity contribution in [2.45, 2.75) is 33.3 Å². The quantitative estimate of drug-likeness (QED) is 0.296. The third-order valence-corrected chi connectivity index (χ3v) is 1.89. The molecule has 0 atom stereocenters. The maximum absolute atomic E-state index is 11.7. The van der Waals surface area contributed by atoms with Gasteiger partial charge in [0.15, 0.2) is 0 Å². The second-order valence-electron chi connectivity index (χ2n) is 3.54. The van der Waals surface area contributed by atoms with Crippen molar-refractivity contribution in [2.24, 2.45) is 0 Å². The van der Waals surface area contributed by atoms with Gasteiger partial charge in [-0.2, -0.15) is 0 Å². The second-order valence-corrected chi connectivity index (χ2v) is 3.54.